The minimum absolute atomic E-state index is 0.187. The number of rotatable bonds is 7. The zero-order valence-corrected chi connectivity index (χ0v) is 15.0. The summed E-state index contributed by atoms with van der Waals surface area (Å²) in [7, 11) is 0. The monoisotopic (exact) mass is 336 g/mol. The average molecular weight is 336 g/mol. The van der Waals surface area contributed by atoms with E-state index in [2.05, 4.69) is 43.2 Å². The topological polar surface area (TPSA) is 17.8 Å². The molecule has 1 atom stereocenters. The molecule has 3 heteroatoms. The lowest BCUT2D eigenvalue weighted by Gasteiger charge is -2.13. The molecule has 0 aliphatic heterocycles. The Morgan fingerprint density at radius 3 is 2.52 bits per heavy atom. The van der Waals surface area contributed by atoms with Crippen molar-refractivity contribution < 1.29 is 4.39 Å². The average Bonchev–Trinajstić information content (AvgIpc) is 3.06. The third-order valence-electron chi connectivity index (χ3n) is 4.60. The van der Waals surface area contributed by atoms with E-state index in [1.54, 1.807) is 16.8 Å². The van der Waals surface area contributed by atoms with Crippen LogP contribution in [0.5, 0.6) is 0 Å². The van der Waals surface area contributed by atoms with Crippen LogP contribution in [-0.4, -0.2) is 9.78 Å². The molecule has 1 heterocycles. The van der Waals surface area contributed by atoms with Crippen LogP contribution in [0.25, 0.3) is 11.1 Å². The number of benzene rings is 2. The second kappa shape index (κ2) is 8.11. The summed E-state index contributed by atoms with van der Waals surface area (Å²) in [5.41, 5.74) is 4.33. The molecule has 0 spiro atoms. The Balaban J connectivity index is 1.82. The van der Waals surface area contributed by atoms with Gasteiger partial charge in [-0.3, -0.25) is 4.68 Å². The first kappa shape index (κ1) is 17.4. The van der Waals surface area contributed by atoms with Gasteiger partial charge in [-0.2, -0.15) is 5.10 Å². The Hall–Kier alpha value is -2.42. The summed E-state index contributed by atoms with van der Waals surface area (Å²) in [6.45, 7) is 4.98. The summed E-state index contributed by atoms with van der Waals surface area (Å²) < 4.78 is 15.6. The molecule has 0 aliphatic carbocycles. The first-order chi connectivity index (χ1) is 12.2. The molecule has 130 valence electrons. The number of nitrogens with zero attached hydrogens (tertiary/aromatic N) is 2. The van der Waals surface area contributed by atoms with E-state index >= 15 is 0 Å². The van der Waals surface area contributed by atoms with Crippen LogP contribution < -0.4 is 0 Å². The fraction of sp³-hybridized carbons (Fsp3) is 0.318. The molecule has 0 fully saturated rings. The molecule has 0 saturated heterocycles. The van der Waals surface area contributed by atoms with E-state index in [1.165, 1.54) is 30.0 Å². The van der Waals surface area contributed by atoms with Crippen molar-refractivity contribution in [3.05, 3.63) is 77.9 Å². The van der Waals surface area contributed by atoms with Gasteiger partial charge in [0.25, 0.3) is 0 Å². The zero-order chi connectivity index (χ0) is 17.6. The predicted octanol–water partition coefficient (Wildman–Crippen LogP) is 5.72. The summed E-state index contributed by atoms with van der Waals surface area (Å²) >= 11 is 0. The Morgan fingerprint density at radius 1 is 1.04 bits per heavy atom. The van der Waals surface area contributed by atoms with E-state index in [0.717, 1.165) is 12.0 Å². The van der Waals surface area contributed by atoms with Crippen molar-refractivity contribution in [2.24, 2.45) is 5.92 Å². The maximum absolute atomic E-state index is 13.8. The maximum atomic E-state index is 13.8. The summed E-state index contributed by atoms with van der Waals surface area (Å²) in [6, 6.07) is 15.4. The highest BCUT2D eigenvalue weighted by atomic mass is 19.1. The van der Waals surface area contributed by atoms with Gasteiger partial charge in [0, 0.05) is 17.3 Å². The minimum Gasteiger partial charge on any atom is -0.268 e. The lowest BCUT2D eigenvalue weighted by atomic mass is 9.92. The summed E-state index contributed by atoms with van der Waals surface area (Å²) in [6.07, 6.45) is 7.41. The zero-order valence-electron chi connectivity index (χ0n) is 15.0. The molecular weight excluding hydrogens is 311 g/mol. The Morgan fingerprint density at radius 2 is 1.76 bits per heavy atom. The first-order valence-electron chi connectivity index (χ1n) is 9.01. The van der Waals surface area contributed by atoms with Crippen LogP contribution >= 0.6 is 0 Å². The van der Waals surface area contributed by atoms with Crippen LogP contribution in [0.15, 0.2) is 60.9 Å². The lowest BCUT2D eigenvalue weighted by Crippen LogP contribution is -2.02. The highest BCUT2D eigenvalue weighted by molar-refractivity contribution is 5.66. The van der Waals surface area contributed by atoms with E-state index in [-0.39, 0.29) is 5.82 Å². The molecular formula is C22H25FN2. The highest BCUT2D eigenvalue weighted by Crippen LogP contribution is 2.26. The SMILES string of the molecule is CCCC(C)Cc1ccccc1-c1cnn(Cc2ccccc2F)c1. The second-order valence-electron chi connectivity index (χ2n) is 6.77. The molecule has 2 nitrogen and oxygen atoms in total. The third kappa shape index (κ3) is 4.36. The largest absolute Gasteiger partial charge is 0.268 e. The summed E-state index contributed by atoms with van der Waals surface area (Å²) in [4.78, 5) is 0. The fourth-order valence-corrected chi connectivity index (χ4v) is 3.34. The van der Waals surface area contributed by atoms with E-state index in [0.29, 0.717) is 18.0 Å². The molecule has 1 unspecified atom stereocenters. The summed E-state index contributed by atoms with van der Waals surface area (Å²) in [5, 5.41) is 4.44. The summed E-state index contributed by atoms with van der Waals surface area (Å²) in [5.74, 6) is 0.480. The Bertz CT molecular complexity index is 822. The fourth-order valence-electron chi connectivity index (χ4n) is 3.34. The van der Waals surface area contributed by atoms with Gasteiger partial charge in [0.2, 0.25) is 0 Å². The van der Waals surface area contributed by atoms with Crippen LogP contribution in [-0.2, 0) is 13.0 Å². The van der Waals surface area contributed by atoms with Gasteiger partial charge < -0.3 is 0 Å². The van der Waals surface area contributed by atoms with Crippen LogP contribution in [0.2, 0.25) is 0 Å². The van der Waals surface area contributed by atoms with Gasteiger partial charge in [0.15, 0.2) is 0 Å². The van der Waals surface area contributed by atoms with Crippen molar-refractivity contribution in [3.8, 4) is 11.1 Å². The number of aromatic nitrogens is 2. The van der Waals surface area contributed by atoms with Crippen molar-refractivity contribution in [2.75, 3.05) is 0 Å². The van der Waals surface area contributed by atoms with Gasteiger partial charge in [0.1, 0.15) is 5.82 Å². The third-order valence-corrected chi connectivity index (χ3v) is 4.60. The number of hydrogen-bond acceptors (Lipinski definition) is 1. The molecule has 25 heavy (non-hydrogen) atoms. The molecule has 3 rings (SSSR count). The van der Waals surface area contributed by atoms with Crippen LogP contribution in [0, 0.1) is 11.7 Å². The van der Waals surface area contributed by atoms with E-state index in [9.17, 15) is 4.39 Å². The van der Waals surface area contributed by atoms with Gasteiger partial charge in [-0.05, 0) is 29.5 Å². The molecule has 3 aromatic rings. The van der Waals surface area contributed by atoms with Crippen LogP contribution in [0.4, 0.5) is 4.39 Å². The smallest absolute Gasteiger partial charge is 0.128 e. The van der Waals surface area contributed by atoms with Gasteiger partial charge in [-0.1, -0.05) is 69.2 Å². The van der Waals surface area contributed by atoms with E-state index in [4.69, 9.17) is 0 Å². The molecule has 0 bridgehead atoms. The van der Waals surface area contributed by atoms with Gasteiger partial charge >= 0.3 is 0 Å². The van der Waals surface area contributed by atoms with Gasteiger partial charge in [-0.25, -0.2) is 4.39 Å². The second-order valence-corrected chi connectivity index (χ2v) is 6.77. The normalized spacial score (nSPS) is 12.3. The first-order valence-corrected chi connectivity index (χ1v) is 9.01. The maximum Gasteiger partial charge on any atom is 0.128 e. The van der Waals surface area contributed by atoms with E-state index < -0.39 is 0 Å². The molecule has 0 aliphatic rings. The lowest BCUT2D eigenvalue weighted by molar-refractivity contribution is 0.523. The molecule has 0 amide bonds. The van der Waals surface area contributed by atoms with Crippen molar-refractivity contribution in [1.82, 2.24) is 9.78 Å². The highest BCUT2D eigenvalue weighted by Gasteiger charge is 2.11. The predicted molar refractivity (Wildman–Crippen MR) is 101 cm³/mol. The number of halogens is 1. The minimum atomic E-state index is -0.187. The molecule has 2 aromatic carbocycles. The quantitative estimate of drug-likeness (QED) is 0.540. The van der Waals surface area contributed by atoms with Crippen molar-refractivity contribution in [1.29, 1.82) is 0 Å². The molecule has 1 aromatic heterocycles. The van der Waals surface area contributed by atoms with Crippen LogP contribution in [0.3, 0.4) is 0 Å². The number of hydrogen-bond donors (Lipinski definition) is 0. The van der Waals surface area contributed by atoms with E-state index in [1.807, 2.05) is 18.5 Å². The molecule has 0 saturated carbocycles. The van der Waals surface area contributed by atoms with Gasteiger partial charge in [-0.15, -0.1) is 0 Å². The molecule has 0 N–H and O–H groups in total. The van der Waals surface area contributed by atoms with Crippen molar-refractivity contribution >= 4 is 0 Å². The van der Waals surface area contributed by atoms with Crippen molar-refractivity contribution in [2.45, 2.75) is 39.7 Å². The Labute approximate surface area is 149 Å². The van der Waals surface area contributed by atoms with Crippen molar-refractivity contribution in [3.63, 3.8) is 0 Å². The molecule has 0 radical (unpaired) electrons. The van der Waals surface area contributed by atoms with Crippen LogP contribution in [0.1, 0.15) is 37.8 Å². The standard InChI is InChI=1S/C22H25FN2/c1-3-8-17(2)13-18-9-4-6-11-21(18)20-14-24-25(16-20)15-19-10-5-7-12-22(19)23/h4-7,9-12,14,16-17H,3,8,13,15H2,1-2H3. The van der Waals surface area contributed by atoms with Gasteiger partial charge in [0.05, 0.1) is 12.7 Å². The Kier molecular flexibility index (Phi) is 5.64.